The number of nitrogens with zero attached hydrogens (tertiary/aromatic N) is 2. The Labute approximate surface area is 107 Å². The molecule has 4 heteroatoms. The Balaban J connectivity index is 2.13. The first-order valence-electron chi connectivity index (χ1n) is 6.23. The lowest BCUT2D eigenvalue weighted by atomic mass is 10.1. The van der Waals surface area contributed by atoms with Gasteiger partial charge in [-0.2, -0.15) is 5.10 Å². The summed E-state index contributed by atoms with van der Waals surface area (Å²) in [7, 11) is 0. The SMILES string of the molecule is CCn1cc(Oc2ccc(CCN)cc2C)cn1. The molecule has 0 amide bonds. The van der Waals surface area contributed by atoms with Crippen LogP contribution in [0.2, 0.25) is 0 Å². The molecule has 0 bridgehead atoms. The van der Waals surface area contributed by atoms with E-state index >= 15 is 0 Å². The van der Waals surface area contributed by atoms with Gasteiger partial charge in [-0.25, -0.2) is 0 Å². The van der Waals surface area contributed by atoms with Crippen LogP contribution in [-0.2, 0) is 13.0 Å². The highest BCUT2D eigenvalue weighted by Crippen LogP contribution is 2.25. The molecule has 0 fully saturated rings. The fourth-order valence-corrected chi connectivity index (χ4v) is 1.85. The van der Waals surface area contributed by atoms with Gasteiger partial charge < -0.3 is 10.5 Å². The number of aromatic nitrogens is 2. The Kier molecular flexibility index (Phi) is 3.99. The number of nitrogens with two attached hydrogens (primary N) is 1. The zero-order valence-electron chi connectivity index (χ0n) is 10.9. The van der Waals surface area contributed by atoms with Gasteiger partial charge in [0.05, 0.1) is 12.4 Å². The van der Waals surface area contributed by atoms with Crippen LogP contribution in [-0.4, -0.2) is 16.3 Å². The molecule has 0 atom stereocenters. The summed E-state index contributed by atoms with van der Waals surface area (Å²) < 4.78 is 7.65. The minimum atomic E-state index is 0.670. The maximum absolute atomic E-state index is 5.81. The summed E-state index contributed by atoms with van der Waals surface area (Å²) in [4.78, 5) is 0. The summed E-state index contributed by atoms with van der Waals surface area (Å²) in [6.07, 6.45) is 4.53. The standard InChI is InChI=1S/C14H19N3O/c1-3-17-10-13(9-16-17)18-14-5-4-12(6-7-15)8-11(14)2/h4-5,8-10H,3,6-7,15H2,1-2H3. The summed E-state index contributed by atoms with van der Waals surface area (Å²) in [5.74, 6) is 1.64. The normalized spacial score (nSPS) is 10.6. The van der Waals surface area contributed by atoms with Crippen LogP contribution in [0.5, 0.6) is 11.5 Å². The first kappa shape index (κ1) is 12.6. The zero-order chi connectivity index (χ0) is 13.0. The lowest BCUT2D eigenvalue weighted by molar-refractivity contribution is 0.477. The summed E-state index contributed by atoms with van der Waals surface area (Å²) >= 11 is 0. The van der Waals surface area contributed by atoms with Crippen molar-refractivity contribution in [3.63, 3.8) is 0 Å². The predicted molar refractivity (Wildman–Crippen MR) is 71.9 cm³/mol. The van der Waals surface area contributed by atoms with Crippen molar-refractivity contribution in [1.29, 1.82) is 0 Å². The van der Waals surface area contributed by atoms with Gasteiger partial charge in [0.15, 0.2) is 5.75 Å². The molecule has 0 saturated carbocycles. The van der Waals surface area contributed by atoms with E-state index < -0.39 is 0 Å². The van der Waals surface area contributed by atoms with Crippen molar-refractivity contribution in [2.24, 2.45) is 5.73 Å². The molecule has 0 spiro atoms. The predicted octanol–water partition coefficient (Wildman–Crippen LogP) is 2.50. The highest BCUT2D eigenvalue weighted by atomic mass is 16.5. The average Bonchev–Trinajstić information content (AvgIpc) is 2.81. The van der Waals surface area contributed by atoms with Crippen LogP contribution in [0.15, 0.2) is 30.6 Å². The average molecular weight is 245 g/mol. The van der Waals surface area contributed by atoms with E-state index in [9.17, 15) is 0 Å². The number of benzene rings is 1. The van der Waals surface area contributed by atoms with Crippen LogP contribution in [0, 0.1) is 6.92 Å². The number of ether oxygens (including phenoxy) is 1. The Morgan fingerprint density at radius 2 is 2.22 bits per heavy atom. The van der Waals surface area contributed by atoms with E-state index in [1.165, 1.54) is 5.56 Å². The number of rotatable bonds is 5. The van der Waals surface area contributed by atoms with E-state index in [4.69, 9.17) is 10.5 Å². The van der Waals surface area contributed by atoms with Crippen molar-refractivity contribution in [1.82, 2.24) is 9.78 Å². The van der Waals surface area contributed by atoms with Crippen LogP contribution in [0.1, 0.15) is 18.1 Å². The molecule has 0 aliphatic heterocycles. The summed E-state index contributed by atoms with van der Waals surface area (Å²) in [5, 5.41) is 4.18. The zero-order valence-corrected chi connectivity index (χ0v) is 10.9. The van der Waals surface area contributed by atoms with Crippen molar-refractivity contribution in [2.45, 2.75) is 26.8 Å². The lowest BCUT2D eigenvalue weighted by Gasteiger charge is -2.08. The lowest BCUT2D eigenvalue weighted by Crippen LogP contribution is -2.02. The Morgan fingerprint density at radius 3 is 2.83 bits per heavy atom. The molecule has 1 heterocycles. The van der Waals surface area contributed by atoms with Crippen LogP contribution in [0.4, 0.5) is 0 Å². The fraction of sp³-hybridized carbons (Fsp3) is 0.357. The first-order valence-corrected chi connectivity index (χ1v) is 6.23. The molecule has 18 heavy (non-hydrogen) atoms. The third kappa shape index (κ3) is 2.90. The second-order valence-corrected chi connectivity index (χ2v) is 4.27. The molecule has 1 aromatic carbocycles. The van der Waals surface area contributed by atoms with E-state index in [0.717, 1.165) is 30.0 Å². The van der Waals surface area contributed by atoms with E-state index in [0.29, 0.717) is 6.54 Å². The van der Waals surface area contributed by atoms with Crippen molar-refractivity contribution in [2.75, 3.05) is 6.54 Å². The Bertz CT molecular complexity index is 520. The van der Waals surface area contributed by atoms with E-state index in [1.807, 2.05) is 30.8 Å². The second kappa shape index (κ2) is 5.69. The minimum Gasteiger partial charge on any atom is -0.454 e. The quantitative estimate of drug-likeness (QED) is 0.880. The van der Waals surface area contributed by atoms with Gasteiger partial charge in [0.1, 0.15) is 5.75 Å². The Hall–Kier alpha value is -1.81. The van der Waals surface area contributed by atoms with Gasteiger partial charge >= 0.3 is 0 Å². The van der Waals surface area contributed by atoms with Crippen molar-refractivity contribution in [3.8, 4) is 11.5 Å². The molecule has 4 nitrogen and oxygen atoms in total. The molecule has 0 saturated heterocycles. The van der Waals surface area contributed by atoms with Gasteiger partial charge in [-0.1, -0.05) is 12.1 Å². The topological polar surface area (TPSA) is 53.1 Å². The molecule has 1 aromatic heterocycles. The molecule has 2 N–H and O–H groups in total. The van der Waals surface area contributed by atoms with Gasteiger partial charge in [-0.15, -0.1) is 0 Å². The molecular weight excluding hydrogens is 226 g/mol. The second-order valence-electron chi connectivity index (χ2n) is 4.27. The minimum absolute atomic E-state index is 0.670. The van der Waals surface area contributed by atoms with Gasteiger partial charge in [0.25, 0.3) is 0 Å². The van der Waals surface area contributed by atoms with Crippen LogP contribution >= 0.6 is 0 Å². The number of hydrogen-bond donors (Lipinski definition) is 1. The largest absolute Gasteiger partial charge is 0.454 e. The smallest absolute Gasteiger partial charge is 0.165 e. The monoisotopic (exact) mass is 245 g/mol. The van der Waals surface area contributed by atoms with Crippen molar-refractivity contribution >= 4 is 0 Å². The van der Waals surface area contributed by atoms with Crippen molar-refractivity contribution in [3.05, 3.63) is 41.7 Å². The molecule has 96 valence electrons. The third-order valence-corrected chi connectivity index (χ3v) is 2.83. The molecule has 0 unspecified atom stereocenters. The van der Waals surface area contributed by atoms with E-state index in [2.05, 4.69) is 17.2 Å². The molecule has 2 aromatic rings. The highest BCUT2D eigenvalue weighted by molar-refractivity contribution is 5.39. The van der Waals surface area contributed by atoms with E-state index in [1.54, 1.807) is 6.20 Å². The van der Waals surface area contributed by atoms with Gasteiger partial charge in [0.2, 0.25) is 0 Å². The van der Waals surface area contributed by atoms with Crippen LogP contribution < -0.4 is 10.5 Å². The molecule has 0 aliphatic carbocycles. The van der Waals surface area contributed by atoms with Crippen molar-refractivity contribution < 1.29 is 4.74 Å². The maximum Gasteiger partial charge on any atom is 0.165 e. The first-order chi connectivity index (χ1) is 8.72. The summed E-state index contributed by atoms with van der Waals surface area (Å²) in [5.41, 5.74) is 7.91. The van der Waals surface area contributed by atoms with Gasteiger partial charge in [-0.05, 0) is 44.0 Å². The number of aryl methyl sites for hydroxylation is 2. The van der Waals surface area contributed by atoms with Crippen LogP contribution in [0.3, 0.4) is 0 Å². The molecule has 0 radical (unpaired) electrons. The van der Waals surface area contributed by atoms with Gasteiger partial charge in [0, 0.05) is 6.54 Å². The number of hydrogen-bond acceptors (Lipinski definition) is 3. The van der Waals surface area contributed by atoms with E-state index in [-0.39, 0.29) is 0 Å². The summed E-state index contributed by atoms with van der Waals surface area (Å²) in [6.45, 7) is 5.60. The third-order valence-electron chi connectivity index (χ3n) is 2.83. The molecule has 0 aliphatic rings. The molecular formula is C14H19N3O. The maximum atomic E-state index is 5.81. The summed E-state index contributed by atoms with van der Waals surface area (Å²) in [6, 6.07) is 6.16. The van der Waals surface area contributed by atoms with Gasteiger partial charge in [-0.3, -0.25) is 4.68 Å². The fourth-order valence-electron chi connectivity index (χ4n) is 1.85. The van der Waals surface area contributed by atoms with Crippen LogP contribution in [0.25, 0.3) is 0 Å². The highest BCUT2D eigenvalue weighted by Gasteiger charge is 2.04. The Morgan fingerprint density at radius 1 is 1.39 bits per heavy atom. The molecule has 2 rings (SSSR count).